The van der Waals surface area contributed by atoms with Crippen LogP contribution in [0.25, 0.3) is 5.57 Å². The lowest BCUT2D eigenvalue weighted by Gasteiger charge is -2.29. The van der Waals surface area contributed by atoms with Gasteiger partial charge in [0, 0.05) is 13.1 Å². The van der Waals surface area contributed by atoms with Crippen LogP contribution >= 0.6 is 0 Å². The average Bonchev–Trinajstić information content (AvgIpc) is 2.56. The molecule has 0 amide bonds. The van der Waals surface area contributed by atoms with Crippen LogP contribution in [-0.2, 0) is 15.8 Å². The van der Waals surface area contributed by atoms with E-state index in [4.69, 9.17) is 4.84 Å². The predicted molar refractivity (Wildman–Crippen MR) is 90.3 cm³/mol. The molecular formula is C19H21F3N2O2. The Labute approximate surface area is 150 Å². The summed E-state index contributed by atoms with van der Waals surface area (Å²) in [6, 6.07) is 6.70. The Morgan fingerprint density at radius 1 is 1.12 bits per heavy atom. The van der Waals surface area contributed by atoms with Gasteiger partial charge in [-0.15, -0.1) is 5.06 Å². The van der Waals surface area contributed by atoms with Crippen molar-refractivity contribution in [2.75, 3.05) is 13.1 Å². The number of halogens is 3. The van der Waals surface area contributed by atoms with Gasteiger partial charge in [-0.25, -0.2) is 4.79 Å². The fourth-order valence-electron chi connectivity index (χ4n) is 2.53. The molecule has 4 nitrogen and oxygen atoms in total. The topological polar surface area (TPSA) is 53.3 Å². The number of nitriles is 1. The fraction of sp³-hybridized carbons (Fsp3) is 0.474. The number of benzene rings is 1. The summed E-state index contributed by atoms with van der Waals surface area (Å²) in [6.45, 7) is 6.20. The molecule has 0 spiro atoms. The van der Waals surface area contributed by atoms with Gasteiger partial charge in [0.05, 0.1) is 22.6 Å². The van der Waals surface area contributed by atoms with E-state index in [0.717, 1.165) is 17.7 Å². The Morgan fingerprint density at radius 2 is 1.65 bits per heavy atom. The molecule has 1 fully saturated rings. The molecule has 1 saturated heterocycles. The zero-order chi connectivity index (χ0) is 19.5. The summed E-state index contributed by atoms with van der Waals surface area (Å²) in [7, 11) is 0. The first-order chi connectivity index (χ1) is 12.0. The third-order valence-electron chi connectivity index (χ3n) is 4.12. The van der Waals surface area contributed by atoms with Gasteiger partial charge in [-0.1, -0.05) is 12.1 Å². The molecule has 0 radical (unpaired) electrons. The molecule has 0 saturated carbocycles. The number of hydrogen-bond acceptors (Lipinski definition) is 4. The van der Waals surface area contributed by atoms with Gasteiger partial charge in [-0.05, 0) is 56.9 Å². The molecule has 2 rings (SSSR count). The van der Waals surface area contributed by atoms with Crippen LogP contribution in [0, 0.1) is 16.7 Å². The van der Waals surface area contributed by atoms with Gasteiger partial charge in [-0.3, -0.25) is 0 Å². The molecule has 0 atom stereocenters. The minimum Gasteiger partial charge on any atom is -0.367 e. The Kier molecular flexibility index (Phi) is 5.77. The molecule has 140 valence electrons. The lowest BCUT2D eigenvalue weighted by molar-refractivity contribution is -0.202. The number of rotatable bonds is 2. The van der Waals surface area contributed by atoms with Crippen molar-refractivity contribution in [3.63, 3.8) is 0 Å². The lowest BCUT2D eigenvalue weighted by Crippen LogP contribution is -2.37. The minimum absolute atomic E-state index is 0.326. The van der Waals surface area contributed by atoms with Crippen LogP contribution in [0.2, 0.25) is 0 Å². The second-order valence-electron chi connectivity index (χ2n) is 7.22. The minimum atomic E-state index is -4.40. The van der Waals surface area contributed by atoms with Crippen LogP contribution in [0.4, 0.5) is 13.2 Å². The molecule has 0 aliphatic carbocycles. The van der Waals surface area contributed by atoms with Crippen molar-refractivity contribution in [1.29, 1.82) is 5.26 Å². The molecule has 1 aromatic carbocycles. The number of carbonyl (C=O) groups is 1. The monoisotopic (exact) mass is 366 g/mol. The first-order valence-electron chi connectivity index (χ1n) is 8.29. The highest BCUT2D eigenvalue weighted by atomic mass is 19.4. The molecule has 0 N–H and O–H groups in total. The van der Waals surface area contributed by atoms with Gasteiger partial charge in [0.15, 0.2) is 0 Å². The fourth-order valence-corrected chi connectivity index (χ4v) is 2.53. The van der Waals surface area contributed by atoms with Crippen LogP contribution in [0.15, 0.2) is 29.8 Å². The van der Waals surface area contributed by atoms with Gasteiger partial charge in [0.25, 0.3) is 0 Å². The maximum absolute atomic E-state index is 12.7. The standard InChI is InChI=1S/C19H21F3N2O2/c1-18(2,3)17(25)26-24-10-8-14(9-11-24)16(12-23)13-4-6-15(7-5-13)19(20,21)22/h4-7H,8-11H2,1-3H3. The second-order valence-corrected chi connectivity index (χ2v) is 7.22. The number of hydroxylamine groups is 2. The number of nitrogens with zero attached hydrogens (tertiary/aromatic N) is 2. The van der Waals surface area contributed by atoms with Crippen LogP contribution in [0.1, 0.15) is 44.7 Å². The van der Waals surface area contributed by atoms with E-state index < -0.39 is 17.2 Å². The van der Waals surface area contributed by atoms with Gasteiger partial charge < -0.3 is 4.84 Å². The van der Waals surface area contributed by atoms with Crippen molar-refractivity contribution in [2.45, 2.75) is 39.8 Å². The Balaban J connectivity index is 2.10. The highest BCUT2D eigenvalue weighted by Crippen LogP contribution is 2.32. The van der Waals surface area contributed by atoms with Crippen molar-refractivity contribution in [2.24, 2.45) is 5.41 Å². The van der Waals surface area contributed by atoms with E-state index in [0.29, 0.717) is 37.1 Å². The zero-order valence-corrected chi connectivity index (χ0v) is 15.0. The number of piperidine rings is 1. The Morgan fingerprint density at radius 3 is 2.08 bits per heavy atom. The summed E-state index contributed by atoms with van der Waals surface area (Å²) < 4.78 is 38.0. The molecule has 26 heavy (non-hydrogen) atoms. The summed E-state index contributed by atoms with van der Waals surface area (Å²) >= 11 is 0. The van der Waals surface area contributed by atoms with Crippen LogP contribution in [-0.4, -0.2) is 24.1 Å². The van der Waals surface area contributed by atoms with E-state index >= 15 is 0 Å². The third kappa shape index (κ3) is 4.85. The van der Waals surface area contributed by atoms with Gasteiger partial charge in [-0.2, -0.15) is 18.4 Å². The predicted octanol–water partition coefficient (Wildman–Crippen LogP) is 4.58. The van der Waals surface area contributed by atoms with E-state index in [-0.39, 0.29) is 5.97 Å². The van der Waals surface area contributed by atoms with Crippen LogP contribution < -0.4 is 0 Å². The molecule has 0 aromatic heterocycles. The van der Waals surface area contributed by atoms with Crippen molar-refractivity contribution >= 4 is 11.5 Å². The van der Waals surface area contributed by atoms with Crippen molar-refractivity contribution in [3.8, 4) is 6.07 Å². The number of carbonyl (C=O) groups excluding carboxylic acids is 1. The summed E-state index contributed by atoms with van der Waals surface area (Å²) in [5.41, 5.74) is 0.368. The molecule has 0 bridgehead atoms. The SMILES string of the molecule is CC(C)(C)C(=O)ON1CCC(=C(C#N)c2ccc(C(F)(F)F)cc2)CC1. The second kappa shape index (κ2) is 7.50. The Hall–Kier alpha value is -2.33. The highest BCUT2D eigenvalue weighted by molar-refractivity contribution is 5.79. The quantitative estimate of drug-likeness (QED) is 0.719. The van der Waals surface area contributed by atoms with Crippen LogP contribution in [0.5, 0.6) is 0 Å². The third-order valence-corrected chi connectivity index (χ3v) is 4.12. The van der Waals surface area contributed by atoms with E-state index in [1.807, 2.05) is 0 Å². The maximum Gasteiger partial charge on any atom is 0.416 e. The summed E-state index contributed by atoms with van der Waals surface area (Å²) in [5.74, 6) is -0.326. The first kappa shape index (κ1) is 20.0. The summed E-state index contributed by atoms with van der Waals surface area (Å²) in [4.78, 5) is 17.3. The average molecular weight is 366 g/mol. The molecule has 7 heteroatoms. The Bertz CT molecular complexity index is 728. The van der Waals surface area contributed by atoms with Crippen LogP contribution in [0.3, 0.4) is 0 Å². The van der Waals surface area contributed by atoms with Gasteiger partial charge in [0.2, 0.25) is 0 Å². The largest absolute Gasteiger partial charge is 0.416 e. The molecule has 1 aliphatic rings. The zero-order valence-electron chi connectivity index (χ0n) is 15.0. The highest BCUT2D eigenvalue weighted by Gasteiger charge is 2.30. The van der Waals surface area contributed by atoms with Crippen molar-refractivity contribution in [1.82, 2.24) is 5.06 Å². The van der Waals surface area contributed by atoms with Gasteiger partial charge >= 0.3 is 12.1 Å². The molecular weight excluding hydrogens is 345 g/mol. The molecule has 0 unspecified atom stereocenters. The van der Waals surface area contributed by atoms with E-state index in [1.165, 1.54) is 12.1 Å². The number of alkyl halides is 3. The van der Waals surface area contributed by atoms with E-state index in [2.05, 4.69) is 6.07 Å². The summed E-state index contributed by atoms with van der Waals surface area (Å²) in [6.07, 6.45) is -3.37. The van der Waals surface area contributed by atoms with E-state index in [9.17, 15) is 23.2 Å². The molecule has 1 heterocycles. The first-order valence-corrected chi connectivity index (χ1v) is 8.29. The van der Waals surface area contributed by atoms with Crippen molar-refractivity contribution < 1.29 is 22.8 Å². The maximum atomic E-state index is 12.7. The number of allylic oxidation sites excluding steroid dienone is 1. The summed E-state index contributed by atoms with van der Waals surface area (Å²) in [5, 5.41) is 11.0. The van der Waals surface area contributed by atoms with Gasteiger partial charge in [0.1, 0.15) is 0 Å². The normalized spacial score (nSPS) is 16.1. The number of hydrogen-bond donors (Lipinski definition) is 0. The lowest BCUT2D eigenvalue weighted by atomic mass is 9.94. The molecule has 1 aromatic rings. The smallest absolute Gasteiger partial charge is 0.367 e. The molecule has 1 aliphatic heterocycles. The van der Waals surface area contributed by atoms with E-state index in [1.54, 1.807) is 25.8 Å². The van der Waals surface area contributed by atoms with Crippen molar-refractivity contribution in [3.05, 3.63) is 41.0 Å².